The van der Waals surface area contributed by atoms with Crippen LogP contribution in [0.5, 0.6) is 0 Å². The lowest BCUT2D eigenvalue weighted by Crippen LogP contribution is -2.41. The zero-order chi connectivity index (χ0) is 22.9. The van der Waals surface area contributed by atoms with Crippen LogP contribution in [0.2, 0.25) is 0 Å². The molecule has 6 heteroatoms. The molecule has 0 amide bonds. The summed E-state index contributed by atoms with van der Waals surface area (Å²) < 4.78 is 28.1. The molecule has 0 aliphatic heterocycles. The molecule has 1 atom stereocenters. The van der Waals surface area contributed by atoms with Crippen LogP contribution in [0.15, 0.2) is 42.5 Å². The predicted octanol–water partition coefficient (Wildman–Crippen LogP) is 5.19. The molecule has 4 nitrogen and oxygen atoms in total. The number of carboxylic acid groups (broad SMARTS) is 1. The summed E-state index contributed by atoms with van der Waals surface area (Å²) in [5.41, 5.74) is 1.28. The Morgan fingerprint density at radius 2 is 1.74 bits per heavy atom. The number of carboxylic acids is 1. The Bertz CT molecular complexity index is 840. The fourth-order valence-electron chi connectivity index (χ4n) is 3.60. The van der Waals surface area contributed by atoms with Crippen LogP contribution < -0.4 is 5.32 Å². The van der Waals surface area contributed by atoms with Gasteiger partial charge in [-0.25, -0.2) is 8.78 Å². The van der Waals surface area contributed by atoms with Crippen molar-refractivity contribution in [2.24, 2.45) is 0 Å². The Labute approximate surface area is 183 Å². The van der Waals surface area contributed by atoms with Crippen LogP contribution in [0.25, 0.3) is 0 Å². The van der Waals surface area contributed by atoms with Gasteiger partial charge in [0.1, 0.15) is 0 Å². The van der Waals surface area contributed by atoms with Crippen molar-refractivity contribution in [1.82, 2.24) is 5.32 Å². The summed E-state index contributed by atoms with van der Waals surface area (Å²) in [6.07, 6.45) is 3.84. The summed E-state index contributed by atoms with van der Waals surface area (Å²) in [5.74, 6) is -3.18. The van der Waals surface area contributed by atoms with E-state index < -0.39 is 23.7 Å². The van der Waals surface area contributed by atoms with E-state index in [1.54, 1.807) is 0 Å². The standard InChI is InChI=1S/C25H33F2NO3/c1-25(2,14-8-4-7-11-18-9-5-3-6-10-18)28-17-22(29)20-15-19(12-13-23(30)31)16-21(26)24(20)27/h3,5-6,9-10,15-16,22,28-29H,4,7-8,11-14,17H2,1-2H3,(H,30,31). The van der Waals surface area contributed by atoms with Gasteiger partial charge in [-0.3, -0.25) is 4.79 Å². The molecule has 0 heterocycles. The summed E-state index contributed by atoms with van der Waals surface area (Å²) >= 11 is 0. The number of rotatable bonds is 13. The van der Waals surface area contributed by atoms with Crippen molar-refractivity contribution >= 4 is 5.97 Å². The smallest absolute Gasteiger partial charge is 0.303 e. The highest BCUT2D eigenvalue weighted by Gasteiger charge is 2.22. The largest absolute Gasteiger partial charge is 0.481 e. The number of nitrogens with one attached hydrogen (secondary N) is 1. The second-order valence-electron chi connectivity index (χ2n) is 8.70. The highest BCUT2D eigenvalue weighted by Crippen LogP contribution is 2.23. The maximum atomic E-state index is 14.2. The number of halogens is 2. The first-order valence-electron chi connectivity index (χ1n) is 10.8. The number of hydrogen-bond acceptors (Lipinski definition) is 3. The first-order valence-corrected chi connectivity index (χ1v) is 10.8. The molecule has 0 bridgehead atoms. The molecular formula is C25H33F2NO3. The number of aliphatic hydroxyl groups excluding tert-OH is 1. The molecule has 0 spiro atoms. The topological polar surface area (TPSA) is 69.6 Å². The lowest BCUT2D eigenvalue weighted by molar-refractivity contribution is -0.136. The first kappa shape index (κ1) is 25.0. The fraction of sp³-hybridized carbons (Fsp3) is 0.480. The summed E-state index contributed by atoms with van der Waals surface area (Å²) in [6.45, 7) is 4.13. The first-order chi connectivity index (χ1) is 14.7. The minimum absolute atomic E-state index is 0.0775. The molecule has 0 saturated heterocycles. The fourth-order valence-corrected chi connectivity index (χ4v) is 3.60. The lowest BCUT2D eigenvalue weighted by atomic mass is 9.94. The number of aryl methyl sites for hydroxylation is 2. The van der Waals surface area contributed by atoms with E-state index in [2.05, 4.69) is 17.4 Å². The quantitative estimate of drug-likeness (QED) is 0.381. The number of benzene rings is 2. The van der Waals surface area contributed by atoms with Crippen LogP contribution in [-0.4, -0.2) is 28.3 Å². The van der Waals surface area contributed by atoms with E-state index in [1.165, 1.54) is 11.6 Å². The van der Waals surface area contributed by atoms with E-state index in [9.17, 15) is 18.7 Å². The maximum absolute atomic E-state index is 14.2. The Balaban J connectivity index is 1.81. The van der Waals surface area contributed by atoms with E-state index >= 15 is 0 Å². The van der Waals surface area contributed by atoms with Gasteiger partial charge in [0.25, 0.3) is 0 Å². The third-order valence-electron chi connectivity index (χ3n) is 5.49. The van der Waals surface area contributed by atoms with Crippen LogP contribution in [-0.2, 0) is 17.6 Å². The minimum Gasteiger partial charge on any atom is -0.481 e. The van der Waals surface area contributed by atoms with Gasteiger partial charge in [0, 0.05) is 24.1 Å². The van der Waals surface area contributed by atoms with Crippen molar-refractivity contribution in [1.29, 1.82) is 0 Å². The number of aliphatic hydroxyl groups is 1. The summed E-state index contributed by atoms with van der Waals surface area (Å²) in [7, 11) is 0. The van der Waals surface area contributed by atoms with Gasteiger partial charge < -0.3 is 15.5 Å². The molecule has 31 heavy (non-hydrogen) atoms. The third-order valence-corrected chi connectivity index (χ3v) is 5.49. The average Bonchev–Trinajstić information content (AvgIpc) is 2.73. The Morgan fingerprint density at radius 3 is 2.42 bits per heavy atom. The molecule has 0 aromatic heterocycles. The summed E-state index contributed by atoms with van der Waals surface area (Å²) in [4.78, 5) is 10.7. The molecule has 0 saturated carbocycles. The number of hydrogen-bond donors (Lipinski definition) is 3. The van der Waals surface area contributed by atoms with Gasteiger partial charge in [0.15, 0.2) is 11.6 Å². The van der Waals surface area contributed by atoms with Crippen molar-refractivity contribution in [3.8, 4) is 0 Å². The van der Waals surface area contributed by atoms with E-state index in [4.69, 9.17) is 5.11 Å². The van der Waals surface area contributed by atoms with Gasteiger partial charge >= 0.3 is 5.97 Å². The lowest BCUT2D eigenvalue weighted by Gasteiger charge is -2.28. The van der Waals surface area contributed by atoms with Gasteiger partial charge in [-0.15, -0.1) is 0 Å². The normalized spacial score (nSPS) is 12.7. The monoisotopic (exact) mass is 433 g/mol. The van der Waals surface area contributed by atoms with Crippen molar-refractivity contribution in [2.45, 2.75) is 70.4 Å². The van der Waals surface area contributed by atoms with E-state index in [1.807, 2.05) is 32.0 Å². The Hall–Kier alpha value is -2.31. The molecule has 0 aliphatic rings. The third kappa shape index (κ3) is 8.75. The molecule has 3 N–H and O–H groups in total. The molecule has 0 fully saturated rings. The second kappa shape index (κ2) is 11.9. The van der Waals surface area contributed by atoms with Gasteiger partial charge in [-0.1, -0.05) is 43.2 Å². The van der Waals surface area contributed by atoms with Crippen LogP contribution in [0.3, 0.4) is 0 Å². The molecule has 2 aromatic rings. The number of carbonyl (C=O) groups is 1. The zero-order valence-corrected chi connectivity index (χ0v) is 18.3. The van der Waals surface area contributed by atoms with Crippen LogP contribution in [0.4, 0.5) is 8.78 Å². The predicted molar refractivity (Wildman–Crippen MR) is 118 cm³/mol. The Morgan fingerprint density at radius 1 is 1.03 bits per heavy atom. The second-order valence-corrected chi connectivity index (χ2v) is 8.70. The van der Waals surface area contributed by atoms with E-state index in [0.717, 1.165) is 38.2 Å². The molecule has 1 unspecified atom stereocenters. The average molecular weight is 434 g/mol. The molecule has 0 radical (unpaired) electrons. The molecule has 0 aliphatic carbocycles. The van der Waals surface area contributed by atoms with Gasteiger partial charge in [-0.2, -0.15) is 0 Å². The van der Waals surface area contributed by atoms with Gasteiger partial charge in [0.2, 0.25) is 0 Å². The highest BCUT2D eigenvalue weighted by molar-refractivity contribution is 5.67. The SMILES string of the molecule is CC(C)(CCCCCc1ccccc1)NCC(O)c1cc(CCC(=O)O)cc(F)c1F. The van der Waals surface area contributed by atoms with Gasteiger partial charge in [-0.05, 0) is 62.8 Å². The summed E-state index contributed by atoms with van der Waals surface area (Å²) in [5, 5.41) is 22.5. The molecular weight excluding hydrogens is 400 g/mol. The van der Waals surface area contributed by atoms with Crippen LogP contribution in [0.1, 0.15) is 68.7 Å². The van der Waals surface area contributed by atoms with Crippen LogP contribution in [0, 0.1) is 11.6 Å². The van der Waals surface area contributed by atoms with Crippen molar-refractivity contribution in [3.05, 3.63) is 70.8 Å². The number of aliphatic carboxylic acids is 1. The van der Waals surface area contributed by atoms with Crippen molar-refractivity contribution in [3.63, 3.8) is 0 Å². The van der Waals surface area contributed by atoms with E-state index in [-0.39, 0.29) is 30.5 Å². The number of β-amino-alcohol motifs (C(OH)–C–C–N with tert-alkyl or cyclic N) is 1. The number of unbranched alkanes of at least 4 members (excludes halogenated alkanes) is 2. The zero-order valence-electron chi connectivity index (χ0n) is 18.3. The minimum atomic E-state index is -1.23. The van der Waals surface area contributed by atoms with Gasteiger partial charge in [0.05, 0.1) is 6.10 Å². The van der Waals surface area contributed by atoms with E-state index in [0.29, 0.717) is 5.56 Å². The molecule has 170 valence electrons. The van der Waals surface area contributed by atoms with Crippen molar-refractivity contribution < 1.29 is 23.8 Å². The molecule has 2 aromatic carbocycles. The maximum Gasteiger partial charge on any atom is 0.303 e. The van der Waals surface area contributed by atoms with Crippen molar-refractivity contribution in [2.75, 3.05) is 6.54 Å². The van der Waals surface area contributed by atoms with Crippen LogP contribution >= 0.6 is 0 Å². The summed E-state index contributed by atoms with van der Waals surface area (Å²) in [6, 6.07) is 12.7. The highest BCUT2D eigenvalue weighted by atomic mass is 19.2. The Kier molecular flexibility index (Phi) is 9.59. The molecule has 2 rings (SSSR count).